The second kappa shape index (κ2) is 6.74. The molecule has 0 spiro atoms. The fourth-order valence-corrected chi connectivity index (χ4v) is 4.48. The molecule has 6 nitrogen and oxygen atoms in total. The van der Waals surface area contributed by atoms with E-state index in [0.29, 0.717) is 4.34 Å². The summed E-state index contributed by atoms with van der Waals surface area (Å²) in [6, 6.07) is 8.36. The van der Waals surface area contributed by atoms with Crippen molar-refractivity contribution in [2.75, 3.05) is 6.54 Å². The summed E-state index contributed by atoms with van der Waals surface area (Å²) in [6.45, 7) is 2.24. The van der Waals surface area contributed by atoms with Crippen LogP contribution in [0.2, 0.25) is 4.34 Å². The van der Waals surface area contributed by atoms with Gasteiger partial charge < -0.3 is 0 Å². The Balaban J connectivity index is 2.27. The van der Waals surface area contributed by atoms with E-state index in [1.54, 1.807) is 19.1 Å². The number of hydrogen-bond donors (Lipinski definition) is 0. The SMILES string of the molecule is CCN(Cc1ccc(Cl)s1)S(=O)(=O)c1ccc([N+](=O)[O-])cc1. The van der Waals surface area contributed by atoms with Crippen LogP contribution >= 0.6 is 22.9 Å². The van der Waals surface area contributed by atoms with Crippen LogP contribution in [-0.2, 0) is 16.6 Å². The number of nitro benzene ring substituents is 1. The Kier molecular flexibility index (Phi) is 5.17. The Morgan fingerprint density at radius 1 is 1.23 bits per heavy atom. The van der Waals surface area contributed by atoms with Crippen molar-refractivity contribution in [1.82, 2.24) is 4.31 Å². The molecule has 0 atom stereocenters. The van der Waals surface area contributed by atoms with Crippen LogP contribution in [0.25, 0.3) is 0 Å². The first-order valence-electron chi connectivity index (χ1n) is 6.33. The minimum absolute atomic E-state index is 0.0302. The van der Waals surface area contributed by atoms with E-state index in [4.69, 9.17) is 11.6 Å². The highest BCUT2D eigenvalue weighted by atomic mass is 35.5. The number of hydrogen-bond acceptors (Lipinski definition) is 5. The van der Waals surface area contributed by atoms with Gasteiger partial charge in [0.05, 0.1) is 14.2 Å². The Hall–Kier alpha value is -1.48. The first-order chi connectivity index (χ1) is 10.3. The molecule has 1 heterocycles. The monoisotopic (exact) mass is 360 g/mol. The highest BCUT2D eigenvalue weighted by Crippen LogP contribution is 2.26. The highest BCUT2D eigenvalue weighted by Gasteiger charge is 2.24. The van der Waals surface area contributed by atoms with Gasteiger partial charge in [0.1, 0.15) is 0 Å². The second-order valence-electron chi connectivity index (χ2n) is 4.39. The molecular weight excluding hydrogens is 348 g/mol. The summed E-state index contributed by atoms with van der Waals surface area (Å²) in [4.78, 5) is 10.9. The Labute approximate surface area is 137 Å². The zero-order chi connectivity index (χ0) is 16.3. The summed E-state index contributed by atoms with van der Waals surface area (Å²) >= 11 is 7.17. The third-order valence-corrected chi connectivity index (χ3v) is 6.15. The van der Waals surface area contributed by atoms with Gasteiger partial charge in [0, 0.05) is 30.1 Å². The fraction of sp³-hybridized carbons (Fsp3) is 0.231. The molecule has 0 aliphatic heterocycles. The van der Waals surface area contributed by atoms with E-state index >= 15 is 0 Å². The van der Waals surface area contributed by atoms with E-state index < -0.39 is 14.9 Å². The lowest BCUT2D eigenvalue weighted by Gasteiger charge is -2.19. The molecule has 0 fully saturated rings. The maximum atomic E-state index is 12.6. The lowest BCUT2D eigenvalue weighted by atomic mass is 10.3. The van der Waals surface area contributed by atoms with Gasteiger partial charge in [-0.25, -0.2) is 8.42 Å². The van der Waals surface area contributed by atoms with E-state index in [2.05, 4.69) is 0 Å². The van der Waals surface area contributed by atoms with Crippen molar-refractivity contribution in [3.63, 3.8) is 0 Å². The van der Waals surface area contributed by atoms with Crippen LogP contribution < -0.4 is 0 Å². The van der Waals surface area contributed by atoms with Crippen molar-refractivity contribution in [1.29, 1.82) is 0 Å². The number of rotatable bonds is 6. The van der Waals surface area contributed by atoms with Crippen molar-refractivity contribution < 1.29 is 13.3 Å². The van der Waals surface area contributed by atoms with Crippen LogP contribution in [0.4, 0.5) is 5.69 Å². The van der Waals surface area contributed by atoms with Gasteiger partial charge in [0.15, 0.2) is 0 Å². The largest absolute Gasteiger partial charge is 0.269 e. The predicted molar refractivity (Wildman–Crippen MR) is 85.7 cm³/mol. The van der Waals surface area contributed by atoms with E-state index in [1.165, 1.54) is 39.9 Å². The van der Waals surface area contributed by atoms with Crippen molar-refractivity contribution in [2.45, 2.75) is 18.4 Å². The highest BCUT2D eigenvalue weighted by molar-refractivity contribution is 7.89. The maximum Gasteiger partial charge on any atom is 0.269 e. The molecule has 0 radical (unpaired) electrons. The van der Waals surface area contributed by atoms with Gasteiger partial charge in [0.2, 0.25) is 10.0 Å². The maximum absolute atomic E-state index is 12.6. The third-order valence-electron chi connectivity index (χ3n) is 3.00. The van der Waals surface area contributed by atoms with Gasteiger partial charge in [0.25, 0.3) is 5.69 Å². The lowest BCUT2D eigenvalue weighted by Crippen LogP contribution is -2.30. The summed E-state index contributed by atoms with van der Waals surface area (Å²) in [5.41, 5.74) is -0.146. The molecule has 2 aromatic rings. The normalized spacial score (nSPS) is 11.8. The first kappa shape index (κ1) is 16.9. The summed E-state index contributed by atoms with van der Waals surface area (Å²) in [7, 11) is -3.71. The van der Waals surface area contributed by atoms with Gasteiger partial charge in [-0.1, -0.05) is 18.5 Å². The molecule has 0 unspecified atom stereocenters. The molecule has 22 heavy (non-hydrogen) atoms. The van der Waals surface area contributed by atoms with Crippen molar-refractivity contribution in [2.24, 2.45) is 0 Å². The third kappa shape index (κ3) is 3.64. The Bertz CT molecular complexity index is 772. The smallest absolute Gasteiger partial charge is 0.258 e. The molecule has 0 aliphatic rings. The lowest BCUT2D eigenvalue weighted by molar-refractivity contribution is -0.384. The van der Waals surface area contributed by atoms with Crippen LogP contribution in [0.1, 0.15) is 11.8 Å². The number of nitrogens with zero attached hydrogens (tertiary/aromatic N) is 2. The molecule has 118 valence electrons. The molecule has 0 amide bonds. The molecular formula is C13H13ClN2O4S2. The minimum Gasteiger partial charge on any atom is -0.258 e. The summed E-state index contributed by atoms with van der Waals surface area (Å²) < 4.78 is 27.1. The summed E-state index contributed by atoms with van der Waals surface area (Å²) in [5, 5.41) is 10.6. The Morgan fingerprint density at radius 3 is 2.32 bits per heavy atom. The van der Waals surface area contributed by atoms with Gasteiger partial charge >= 0.3 is 0 Å². The molecule has 1 aromatic heterocycles. The van der Waals surface area contributed by atoms with E-state index in [0.717, 1.165) is 4.88 Å². The molecule has 0 saturated heterocycles. The molecule has 0 saturated carbocycles. The molecule has 9 heteroatoms. The molecule has 0 N–H and O–H groups in total. The van der Waals surface area contributed by atoms with Gasteiger partial charge in [-0.2, -0.15) is 4.31 Å². The number of non-ortho nitro benzene ring substituents is 1. The molecule has 0 aliphatic carbocycles. The van der Waals surface area contributed by atoms with Gasteiger partial charge in [-0.05, 0) is 24.3 Å². The molecule has 0 bridgehead atoms. The molecule has 1 aromatic carbocycles. The fourth-order valence-electron chi connectivity index (χ4n) is 1.87. The van der Waals surface area contributed by atoms with Crippen LogP contribution in [0.15, 0.2) is 41.3 Å². The number of benzene rings is 1. The Morgan fingerprint density at radius 2 is 1.86 bits per heavy atom. The predicted octanol–water partition coefficient (Wildman–Crippen LogP) is 3.52. The zero-order valence-corrected chi connectivity index (χ0v) is 14.0. The number of thiophene rings is 1. The number of nitro groups is 1. The van der Waals surface area contributed by atoms with Crippen LogP contribution in [0.5, 0.6) is 0 Å². The minimum atomic E-state index is -3.71. The average Bonchev–Trinajstić information content (AvgIpc) is 2.90. The van der Waals surface area contributed by atoms with Crippen molar-refractivity contribution in [3.8, 4) is 0 Å². The van der Waals surface area contributed by atoms with Crippen molar-refractivity contribution >= 4 is 38.6 Å². The standard InChI is InChI=1S/C13H13ClN2O4S2/c1-2-15(9-11-5-8-13(14)21-11)22(19,20)12-6-3-10(4-7-12)16(17)18/h3-8H,2,9H2,1H3. The van der Waals surface area contributed by atoms with E-state index in [1.807, 2.05) is 0 Å². The molecule has 2 rings (SSSR count). The van der Waals surface area contributed by atoms with Crippen LogP contribution in [0, 0.1) is 10.1 Å². The van der Waals surface area contributed by atoms with E-state index in [9.17, 15) is 18.5 Å². The summed E-state index contributed by atoms with van der Waals surface area (Å²) in [6.07, 6.45) is 0. The van der Waals surface area contributed by atoms with Gasteiger partial charge in [-0.15, -0.1) is 11.3 Å². The topological polar surface area (TPSA) is 80.5 Å². The number of sulfonamides is 1. The van der Waals surface area contributed by atoms with Crippen LogP contribution in [0.3, 0.4) is 0 Å². The van der Waals surface area contributed by atoms with E-state index in [-0.39, 0.29) is 23.7 Å². The second-order valence-corrected chi connectivity index (χ2v) is 8.13. The van der Waals surface area contributed by atoms with Gasteiger partial charge in [-0.3, -0.25) is 10.1 Å². The van der Waals surface area contributed by atoms with Crippen LogP contribution in [-0.4, -0.2) is 24.2 Å². The van der Waals surface area contributed by atoms with Crippen molar-refractivity contribution in [3.05, 3.63) is 55.7 Å². The zero-order valence-electron chi connectivity index (χ0n) is 11.6. The summed E-state index contributed by atoms with van der Waals surface area (Å²) in [5.74, 6) is 0. The number of halogens is 1. The average molecular weight is 361 g/mol. The first-order valence-corrected chi connectivity index (χ1v) is 8.97. The quantitative estimate of drug-likeness (QED) is 0.583.